The van der Waals surface area contributed by atoms with Crippen LogP contribution in [0.4, 0.5) is 11.4 Å². The van der Waals surface area contributed by atoms with Crippen molar-refractivity contribution in [2.24, 2.45) is 0 Å². The molecule has 0 unspecified atom stereocenters. The van der Waals surface area contributed by atoms with E-state index in [2.05, 4.69) is 15.5 Å². The van der Waals surface area contributed by atoms with Gasteiger partial charge in [0.2, 0.25) is 11.8 Å². The molecule has 0 aliphatic rings. The van der Waals surface area contributed by atoms with Crippen LogP contribution < -0.4 is 10.1 Å². The van der Waals surface area contributed by atoms with Crippen LogP contribution >= 0.6 is 11.8 Å². The minimum atomic E-state index is -0.570. The van der Waals surface area contributed by atoms with Gasteiger partial charge in [-0.25, -0.2) is 0 Å². The number of benzene rings is 3. The second kappa shape index (κ2) is 9.48. The summed E-state index contributed by atoms with van der Waals surface area (Å²) >= 11 is 1.05. The van der Waals surface area contributed by atoms with Crippen molar-refractivity contribution in [3.63, 3.8) is 0 Å². The van der Waals surface area contributed by atoms with Crippen LogP contribution in [0.25, 0.3) is 22.2 Å². The smallest absolute Gasteiger partial charge is 0.296 e. The number of amides is 1. The zero-order valence-corrected chi connectivity index (χ0v) is 17.8. The van der Waals surface area contributed by atoms with Crippen molar-refractivity contribution < 1.29 is 18.9 Å². The molecular formula is C22H18N4O5S. The molecule has 0 saturated heterocycles. The van der Waals surface area contributed by atoms with E-state index in [9.17, 15) is 14.9 Å². The van der Waals surface area contributed by atoms with Gasteiger partial charge in [0.25, 0.3) is 10.9 Å². The van der Waals surface area contributed by atoms with Gasteiger partial charge in [0, 0.05) is 5.56 Å². The van der Waals surface area contributed by atoms with Gasteiger partial charge >= 0.3 is 0 Å². The molecule has 0 fully saturated rings. The third-order valence-corrected chi connectivity index (χ3v) is 5.30. The maximum atomic E-state index is 12.3. The first kappa shape index (κ1) is 21.3. The molecule has 0 aliphatic heterocycles. The lowest BCUT2D eigenvalue weighted by Gasteiger charge is -2.07. The number of aromatic nitrogens is 2. The van der Waals surface area contributed by atoms with Crippen molar-refractivity contribution in [3.8, 4) is 17.2 Å². The number of carbonyl (C=O) groups excluding carboxylic acids is 1. The summed E-state index contributed by atoms with van der Waals surface area (Å²) in [5.74, 6) is 0.219. The molecule has 0 atom stereocenters. The number of fused-ring (bicyclic) bond motifs is 1. The van der Waals surface area contributed by atoms with Crippen molar-refractivity contribution in [1.82, 2.24) is 10.2 Å². The summed E-state index contributed by atoms with van der Waals surface area (Å²) in [6.07, 6.45) is 0. The topological polar surface area (TPSA) is 120 Å². The van der Waals surface area contributed by atoms with Crippen LogP contribution in [0.5, 0.6) is 5.75 Å². The summed E-state index contributed by atoms with van der Waals surface area (Å²) in [6, 6.07) is 18.0. The fourth-order valence-corrected chi connectivity index (χ4v) is 3.61. The molecule has 4 aromatic rings. The standard InChI is InChI=1S/C22H18N4O5S/c1-2-30-17-9-10-18(19(12-17)26(28)29)23-20(27)13-32-22-25-24-21(31-22)16-8-7-14-5-3-4-6-15(14)11-16/h3-12H,2,13H2,1H3,(H,23,27). The largest absolute Gasteiger partial charge is 0.494 e. The first-order chi connectivity index (χ1) is 15.5. The molecule has 9 nitrogen and oxygen atoms in total. The van der Waals surface area contributed by atoms with Gasteiger partial charge in [0.05, 0.1) is 23.3 Å². The number of nitrogens with zero attached hydrogens (tertiary/aromatic N) is 3. The predicted octanol–water partition coefficient (Wildman–Crippen LogP) is 4.93. The highest BCUT2D eigenvalue weighted by Crippen LogP contribution is 2.30. The second-order valence-electron chi connectivity index (χ2n) is 6.64. The molecule has 1 aromatic heterocycles. The van der Waals surface area contributed by atoms with Gasteiger partial charge in [-0.15, -0.1) is 10.2 Å². The van der Waals surface area contributed by atoms with E-state index >= 15 is 0 Å². The van der Waals surface area contributed by atoms with E-state index in [0.29, 0.717) is 18.2 Å². The van der Waals surface area contributed by atoms with Crippen LogP contribution in [-0.2, 0) is 4.79 Å². The highest BCUT2D eigenvalue weighted by molar-refractivity contribution is 7.99. The Bertz CT molecular complexity index is 1290. The fraction of sp³-hybridized carbons (Fsp3) is 0.136. The second-order valence-corrected chi connectivity index (χ2v) is 7.57. The summed E-state index contributed by atoms with van der Waals surface area (Å²) < 4.78 is 10.9. The van der Waals surface area contributed by atoms with Crippen LogP contribution in [0.2, 0.25) is 0 Å². The Morgan fingerprint density at radius 2 is 1.94 bits per heavy atom. The lowest BCUT2D eigenvalue weighted by molar-refractivity contribution is -0.384. The average Bonchev–Trinajstić information content (AvgIpc) is 3.27. The molecule has 1 N–H and O–H groups in total. The number of nitrogens with one attached hydrogen (secondary N) is 1. The van der Waals surface area contributed by atoms with Gasteiger partial charge in [-0.1, -0.05) is 42.1 Å². The molecular weight excluding hydrogens is 432 g/mol. The highest BCUT2D eigenvalue weighted by atomic mass is 32.2. The quantitative estimate of drug-likeness (QED) is 0.228. The number of nitro benzene ring substituents is 1. The van der Waals surface area contributed by atoms with Crippen molar-refractivity contribution in [1.29, 1.82) is 0 Å². The van der Waals surface area contributed by atoms with Crippen molar-refractivity contribution in [2.45, 2.75) is 12.1 Å². The van der Waals surface area contributed by atoms with Crippen LogP contribution in [0.3, 0.4) is 0 Å². The third-order valence-electron chi connectivity index (χ3n) is 4.48. The van der Waals surface area contributed by atoms with Crippen molar-refractivity contribution in [3.05, 3.63) is 70.8 Å². The Hall–Kier alpha value is -3.92. The molecule has 0 radical (unpaired) electrons. The predicted molar refractivity (Wildman–Crippen MR) is 121 cm³/mol. The SMILES string of the molecule is CCOc1ccc(NC(=O)CSc2nnc(-c3ccc4ccccc4c3)o2)c([N+](=O)[O-])c1. The summed E-state index contributed by atoms with van der Waals surface area (Å²) in [6.45, 7) is 2.16. The summed E-state index contributed by atoms with van der Waals surface area (Å²) in [5.41, 5.74) is 0.620. The minimum absolute atomic E-state index is 0.0519. The Kier molecular flexibility index (Phi) is 6.31. The number of hydrogen-bond donors (Lipinski definition) is 1. The zero-order chi connectivity index (χ0) is 22.5. The van der Waals surface area contributed by atoms with Gasteiger partial charge in [-0.05, 0) is 42.0 Å². The summed E-state index contributed by atoms with van der Waals surface area (Å²) in [4.78, 5) is 23.1. The minimum Gasteiger partial charge on any atom is -0.494 e. The molecule has 32 heavy (non-hydrogen) atoms. The Morgan fingerprint density at radius 3 is 2.72 bits per heavy atom. The van der Waals surface area contributed by atoms with E-state index in [4.69, 9.17) is 9.15 Å². The summed E-state index contributed by atoms with van der Waals surface area (Å²) in [7, 11) is 0. The Labute approximate surface area is 186 Å². The Morgan fingerprint density at radius 1 is 1.12 bits per heavy atom. The molecule has 10 heteroatoms. The molecule has 162 valence electrons. The lowest BCUT2D eigenvalue weighted by atomic mass is 10.1. The van der Waals surface area contributed by atoms with Crippen LogP contribution in [-0.4, -0.2) is 33.4 Å². The monoisotopic (exact) mass is 450 g/mol. The number of nitro groups is 1. The number of ether oxygens (including phenoxy) is 1. The van der Waals surface area contributed by atoms with Gasteiger partial charge in [-0.3, -0.25) is 14.9 Å². The van der Waals surface area contributed by atoms with Crippen LogP contribution in [0.15, 0.2) is 70.3 Å². The maximum Gasteiger partial charge on any atom is 0.296 e. The van der Waals surface area contributed by atoms with Gasteiger partial charge < -0.3 is 14.5 Å². The molecule has 0 spiro atoms. The molecule has 1 amide bonds. The average molecular weight is 450 g/mol. The van der Waals surface area contributed by atoms with E-state index in [1.54, 1.807) is 13.0 Å². The first-order valence-corrected chi connectivity index (χ1v) is 10.7. The third kappa shape index (κ3) is 4.86. The number of carbonyl (C=O) groups is 1. The van der Waals surface area contributed by atoms with E-state index < -0.39 is 10.8 Å². The fourth-order valence-electron chi connectivity index (χ4n) is 3.05. The maximum absolute atomic E-state index is 12.3. The molecule has 0 saturated carbocycles. The van der Waals surface area contributed by atoms with Gasteiger partial charge in [0.15, 0.2) is 0 Å². The van der Waals surface area contributed by atoms with Gasteiger partial charge in [0.1, 0.15) is 11.4 Å². The number of anilines is 1. The van der Waals surface area contributed by atoms with Crippen molar-refractivity contribution in [2.75, 3.05) is 17.7 Å². The molecule has 0 bridgehead atoms. The Balaban J connectivity index is 1.40. The number of rotatable bonds is 8. The number of thioether (sulfide) groups is 1. The molecule has 1 heterocycles. The van der Waals surface area contributed by atoms with Crippen LogP contribution in [0, 0.1) is 10.1 Å². The van der Waals surface area contributed by atoms with E-state index in [1.807, 2.05) is 42.5 Å². The molecule has 3 aromatic carbocycles. The number of hydrogen-bond acceptors (Lipinski definition) is 8. The van der Waals surface area contributed by atoms with Crippen LogP contribution in [0.1, 0.15) is 6.92 Å². The normalized spacial score (nSPS) is 10.8. The molecule has 4 rings (SSSR count). The highest BCUT2D eigenvalue weighted by Gasteiger charge is 2.18. The summed E-state index contributed by atoms with van der Waals surface area (Å²) in [5, 5.41) is 24.3. The lowest BCUT2D eigenvalue weighted by Crippen LogP contribution is -2.15. The van der Waals surface area contributed by atoms with E-state index in [0.717, 1.165) is 28.1 Å². The van der Waals surface area contributed by atoms with E-state index in [-0.39, 0.29) is 22.4 Å². The molecule has 0 aliphatic carbocycles. The van der Waals surface area contributed by atoms with Crippen molar-refractivity contribution >= 4 is 39.8 Å². The van der Waals surface area contributed by atoms with E-state index in [1.165, 1.54) is 12.1 Å². The van der Waals surface area contributed by atoms with Gasteiger partial charge in [-0.2, -0.15) is 0 Å². The first-order valence-electron chi connectivity index (χ1n) is 9.70. The zero-order valence-electron chi connectivity index (χ0n) is 17.0.